The average Bonchev–Trinajstić information content (AvgIpc) is 2.42. The first kappa shape index (κ1) is 16.0. The summed E-state index contributed by atoms with van der Waals surface area (Å²) in [6, 6.07) is 7.44. The van der Waals surface area contributed by atoms with E-state index in [0.717, 1.165) is 17.9 Å². The van der Waals surface area contributed by atoms with Gasteiger partial charge in [-0.05, 0) is 24.1 Å². The van der Waals surface area contributed by atoms with Crippen LogP contribution in [0.3, 0.4) is 0 Å². The Kier molecular flexibility index (Phi) is 6.03. The number of guanidine groups is 1. The van der Waals surface area contributed by atoms with E-state index in [1.165, 1.54) is 7.11 Å². The van der Waals surface area contributed by atoms with Gasteiger partial charge in [0.05, 0.1) is 12.7 Å². The van der Waals surface area contributed by atoms with Gasteiger partial charge in [-0.1, -0.05) is 12.1 Å². The maximum atomic E-state index is 11.3. The van der Waals surface area contributed by atoms with Crippen molar-refractivity contribution in [1.29, 1.82) is 0 Å². The van der Waals surface area contributed by atoms with Crippen molar-refractivity contribution >= 4 is 11.9 Å². The molecule has 0 unspecified atom stereocenters. The minimum Gasteiger partial charge on any atom is -0.465 e. The number of benzene rings is 1. The highest BCUT2D eigenvalue weighted by Gasteiger charge is 2.05. The molecule has 0 amide bonds. The van der Waals surface area contributed by atoms with Gasteiger partial charge in [-0.15, -0.1) is 0 Å². The zero-order chi connectivity index (χ0) is 15.1. The highest BCUT2D eigenvalue weighted by atomic mass is 16.5. The Morgan fingerprint density at radius 1 is 1.10 bits per heavy atom. The molecule has 0 spiro atoms. The van der Waals surface area contributed by atoms with E-state index in [1.807, 2.05) is 50.1 Å². The fourth-order valence-electron chi connectivity index (χ4n) is 1.89. The van der Waals surface area contributed by atoms with Gasteiger partial charge < -0.3 is 14.5 Å². The second kappa shape index (κ2) is 7.53. The van der Waals surface area contributed by atoms with Crippen molar-refractivity contribution in [3.63, 3.8) is 0 Å². The highest BCUT2D eigenvalue weighted by molar-refractivity contribution is 5.89. The van der Waals surface area contributed by atoms with Gasteiger partial charge in [0.25, 0.3) is 0 Å². The normalized spacial score (nSPS) is 9.85. The van der Waals surface area contributed by atoms with E-state index in [-0.39, 0.29) is 5.97 Å². The topological polar surface area (TPSA) is 45.1 Å². The zero-order valence-corrected chi connectivity index (χ0v) is 12.9. The number of carbonyl (C=O) groups is 1. The van der Waals surface area contributed by atoms with Crippen LogP contribution in [-0.2, 0) is 11.2 Å². The van der Waals surface area contributed by atoms with Crippen molar-refractivity contribution in [1.82, 2.24) is 9.80 Å². The minimum absolute atomic E-state index is 0.308. The van der Waals surface area contributed by atoms with Crippen molar-refractivity contribution in [3.05, 3.63) is 35.4 Å². The van der Waals surface area contributed by atoms with Crippen LogP contribution in [0.15, 0.2) is 29.3 Å². The molecule has 5 heteroatoms. The molecule has 0 fully saturated rings. The van der Waals surface area contributed by atoms with Gasteiger partial charge in [0.15, 0.2) is 5.96 Å². The van der Waals surface area contributed by atoms with Crippen molar-refractivity contribution in [2.45, 2.75) is 6.42 Å². The molecule has 0 saturated heterocycles. The molecule has 110 valence electrons. The molecule has 1 aromatic carbocycles. The van der Waals surface area contributed by atoms with Crippen molar-refractivity contribution in [3.8, 4) is 0 Å². The Morgan fingerprint density at radius 3 is 2.10 bits per heavy atom. The molecule has 0 atom stereocenters. The maximum absolute atomic E-state index is 11.3. The smallest absolute Gasteiger partial charge is 0.337 e. The number of methoxy groups -OCH3 is 1. The van der Waals surface area contributed by atoms with Crippen LogP contribution in [0.2, 0.25) is 0 Å². The van der Waals surface area contributed by atoms with E-state index in [0.29, 0.717) is 12.1 Å². The lowest BCUT2D eigenvalue weighted by Crippen LogP contribution is -2.35. The quantitative estimate of drug-likeness (QED) is 0.475. The van der Waals surface area contributed by atoms with E-state index >= 15 is 0 Å². The molecular formula is C15H23N3O2. The summed E-state index contributed by atoms with van der Waals surface area (Å²) < 4.78 is 4.67. The summed E-state index contributed by atoms with van der Waals surface area (Å²) in [5.41, 5.74) is 1.72. The molecule has 0 bridgehead atoms. The molecular weight excluding hydrogens is 254 g/mol. The molecule has 0 aliphatic rings. The molecule has 0 aliphatic carbocycles. The van der Waals surface area contributed by atoms with Gasteiger partial charge in [0.2, 0.25) is 0 Å². The van der Waals surface area contributed by atoms with Crippen LogP contribution in [0.25, 0.3) is 0 Å². The Bertz CT molecular complexity index is 455. The molecule has 0 aromatic heterocycles. The Hall–Kier alpha value is -2.04. The predicted molar refractivity (Wildman–Crippen MR) is 81.2 cm³/mol. The van der Waals surface area contributed by atoms with Crippen LogP contribution >= 0.6 is 0 Å². The van der Waals surface area contributed by atoms with E-state index in [2.05, 4.69) is 9.73 Å². The second-order valence-corrected chi connectivity index (χ2v) is 4.91. The van der Waals surface area contributed by atoms with Crippen LogP contribution in [0, 0.1) is 0 Å². The molecule has 0 aliphatic heterocycles. The summed E-state index contributed by atoms with van der Waals surface area (Å²) >= 11 is 0. The summed E-state index contributed by atoms with van der Waals surface area (Å²) in [5, 5.41) is 0. The van der Waals surface area contributed by atoms with Gasteiger partial charge in [-0.2, -0.15) is 0 Å². The lowest BCUT2D eigenvalue weighted by molar-refractivity contribution is 0.0600. The number of nitrogens with zero attached hydrogens (tertiary/aromatic N) is 3. The van der Waals surface area contributed by atoms with E-state index in [1.54, 1.807) is 12.1 Å². The maximum Gasteiger partial charge on any atom is 0.337 e. The average molecular weight is 277 g/mol. The van der Waals surface area contributed by atoms with Crippen LogP contribution in [-0.4, -0.2) is 63.6 Å². The summed E-state index contributed by atoms with van der Waals surface area (Å²) in [5.74, 6) is 0.633. The standard InChI is InChI=1S/C15H23N3O2/c1-17(2)15(18(3)4)16-11-10-12-6-8-13(9-7-12)14(19)20-5/h6-9H,10-11H2,1-5H3. The van der Waals surface area contributed by atoms with Gasteiger partial charge in [-0.3, -0.25) is 4.99 Å². The summed E-state index contributed by atoms with van der Waals surface area (Å²) in [7, 11) is 9.29. The Morgan fingerprint density at radius 2 is 1.65 bits per heavy atom. The summed E-state index contributed by atoms with van der Waals surface area (Å²) in [4.78, 5) is 19.9. The largest absolute Gasteiger partial charge is 0.465 e. The lowest BCUT2D eigenvalue weighted by Gasteiger charge is -2.22. The molecule has 5 nitrogen and oxygen atoms in total. The van der Waals surface area contributed by atoms with Crippen molar-refractivity contribution in [2.24, 2.45) is 4.99 Å². The minimum atomic E-state index is -0.308. The number of ether oxygens (including phenoxy) is 1. The summed E-state index contributed by atoms with van der Waals surface area (Å²) in [6.45, 7) is 0.712. The van der Waals surface area contributed by atoms with Crippen molar-refractivity contribution in [2.75, 3.05) is 41.8 Å². The van der Waals surface area contributed by atoms with Crippen LogP contribution in [0.5, 0.6) is 0 Å². The number of esters is 1. The Balaban J connectivity index is 2.62. The predicted octanol–water partition coefficient (Wildman–Crippen LogP) is 1.49. The number of hydrogen-bond acceptors (Lipinski definition) is 3. The van der Waals surface area contributed by atoms with Crippen LogP contribution < -0.4 is 0 Å². The van der Waals surface area contributed by atoms with Crippen LogP contribution in [0.4, 0.5) is 0 Å². The number of carbonyl (C=O) groups excluding carboxylic acids is 1. The molecule has 1 rings (SSSR count). The fourth-order valence-corrected chi connectivity index (χ4v) is 1.89. The summed E-state index contributed by atoms with van der Waals surface area (Å²) in [6.07, 6.45) is 0.840. The number of aliphatic imine (C=N–C) groups is 1. The first-order valence-corrected chi connectivity index (χ1v) is 6.52. The molecule has 1 aromatic rings. The third kappa shape index (κ3) is 4.57. The van der Waals surface area contributed by atoms with E-state index in [9.17, 15) is 4.79 Å². The monoisotopic (exact) mass is 277 g/mol. The second-order valence-electron chi connectivity index (χ2n) is 4.91. The molecule has 0 N–H and O–H groups in total. The first-order valence-electron chi connectivity index (χ1n) is 6.52. The number of rotatable bonds is 4. The van der Waals surface area contributed by atoms with Gasteiger partial charge in [0.1, 0.15) is 0 Å². The van der Waals surface area contributed by atoms with E-state index < -0.39 is 0 Å². The van der Waals surface area contributed by atoms with E-state index in [4.69, 9.17) is 0 Å². The van der Waals surface area contributed by atoms with Gasteiger partial charge >= 0.3 is 5.97 Å². The van der Waals surface area contributed by atoms with Crippen LogP contribution in [0.1, 0.15) is 15.9 Å². The zero-order valence-electron chi connectivity index (χ0n) is 12.9. The first-order chi connectivity index (χ1) is 9.45. The third-order valence-electron chi connectivity index (χ3n) is 2.83. The molecule has 20 heavy (non-hydrogen) atoms. The third-order valence-corrected chi connectivity index (χ3v) is 2.83. The van der Waals surface area contributed by atoms with Gasteiger partial charge in [0, 0.05) is 34.7 Å². The highest BCUT2D eigenvalue weighted by Crippen LogP contribution is 2.06. The lowest BCUT2D eigenvalue weighted by atomic mass is 10.1. The fraction of sp³-hybridized carbons (Fsp3) is 0.467. The van der Waals surface area contributed by atoms with Crippen molar-refractivity contribution < 1.29 is 9.53 Å². The molecule has 0 saturated carbocycles. The number of hydrogen-bond donors (Lipinski definition) is 0. The molecule has 0 radical (unpaired) electrons. The van der Waals surface area contributed by atoms with Gasteiger partial charge in [-0.25, -0.2) is 4.79 Å². The SMILES string of the molecule is COC(=O)c1ccc(CCN=C(N(C)C)N(C)C)cc1. The molecule has 0 heterocycles. The Labute approximate surface area is 120 Å².